The molecule has 19 heavy (non-hydrogen) atoms. The zero-order valence-electron chi connectivity index (χ0n) is 10.7. The summed E-state index contributed by atoms with van der Waals surface area (Å²) in [5, 5.41) is 0.551. The van der Waals surface area contributed by atoms with Crippen molar-refractivity contribution in [3.05, 3.63) is 28.6 Å². The Hall–Kier alpha value is -2.50. The van der Waals surface area contributed by atoms with Gasteiger partial charge in [-0.1, -0.05) is 0 Å². The highest BCUT2D eigenvalue weighted by Crippen LogP contribution is 2.40. The molecule has 0 unspecified atom stereocenters. The predicted octanol–water partition coefficient (Wildman–Crippen LogP) is 1.74. The topological polar surface area (TPSA) is 75.0 Å². The van der Waals surface area contributed by atoms with Gasteiger partial charge in [-0.15, -0.1) is 0 Å². The van der Waals surface area contributed by atoms with Crippen LogP contribution in [0.15, 0.2) is 27.4 Å². The third-order valence-electron chi connectivity index (χ3n) is 2.47. The molecule has 6 nitrogen and oxygen atoms in total. The smallest absolute Gasteiger partial charge is 0.336 e. The van der Waals surface area contributed by atoms with E-state index in [0.717, 1.165) is 0 Å². The number of rotatable bonds is 3. The second-order valence-corrected chi connectivity index (χ2v) is 3.70. The molecular weight excluding hydrogens is 252 g/mol. The molecule has 1 heterocycles. The van der Waals surface area contributed by atoms with Crippen LogP contribution in [0.4, 0.5) is 0 Å². The van der Waals surface area contributed by atoms with Gasteiger partial charge in [-0.25, -0.2) is 4.79 Å². The summed E-state index contributed by atoms with van der Waals surface area (Å²) < 4.78 is 20.4. The molecule has 0 atom stereocenters. The van der Waals surface area contributed by atoms with Gasteiger partial charge < -0.3 is 18.6 Å². The maximum atomic E-state index is 11.3. The molecule has 100 valence electrons. The van der Waals surface area contributed by atoms with E-state index in [1.807, 2.05) is 0 Å². The first-order chi connectivity index (χ1) is 9.06. The van der Waals surface area contributed by atoms with Crippen molar-refractivity contribution in [3.8, 4) is 17.2 Å². The highest BCUT2D eigenvalue weighted by molar-refractivity contribution is 5.91. The van der Waals surface area contributed by atoms with Crippen LogP contribution in [-0.2, 0) is 4.79 Å². The Labute approximate surface area is 108 Å². The van der Waals surface area contributed by atoms with E-state index >= 15 is 0 Å². The molecule has 0 aliphatic heterocycles. The Kier molecular flexibility index (Phi) is 3.41. The van der Waals surface area contributed by atoms with Crippen molar-refractivity contribution in [1.82, 2.24) is 0 Å². The molecule has 1 aromatic carbocycles. The fourth-order valence-corrected chi connectivity index (χ4v) is 1.75. The van der Waals surface area contributed by atoms with Crippen LogP contribution in [0.5, 0.6) is 17.2 Å². The normalized spacial score (nSPS) is 10.3. The summed E-state index contributed by atoms with van der Waals surface area (Å²) in [5.41, 5.74) is -0.363. The average Bonchev–Trinajstić information content (AvgIpc) is 2.36. The van der Waals surface area contributed by atoms with Gasteiger partial charge in [-0.05, 0) is 6.07 Å². The molecule has 1 aromatic heterocycles. The van der Waals surface area contributed by atoms with Crippen LogP contribution in [0.1, 0.15) is 6.92 Å². The summed E-state index contributed by atoms with van der Waals surface area (Å²) in [7, 11) is 2.85. The number of hydrogen-bond acceptors (Lipinski definition) is 6. The van der Waals surface area contributed by atoms with Crippen LogP contribution >= 0.6 is 0 Å². The molecule has 0 saturated heterocycles. The van der Waals surface area contributed by atoms with Crippen LogP contribution in [0.25, 0.3) is 11.0 Å². The van der Waals surface area contributed by atoms with Gasteiger partial charge in [-0.3, -0.25) is 4.79 Å². The molecule has 0 aliphatic carbocycles. The summed E-state index contributed by atoms with van der Waals surface area (Å²) in [6, 6.07) is 4.33. The van der Waals surface area contributed by atoms with Crippen molar-refractivity contribution in [3.63, 3.8) is 0 Å². The predicted molar refractivity (Wildman–Crippen MR) is 66.9 cm³/mol. The van der Waals surface area contributed by atoms with Gasteiger partial charge in [-0.2, -0.15) is 0 Å². The van der Waals surface area contributed by atoms with E-state index in [2.05, 4.69) is 0 Å². The number of ether oxygens (including phenoxy) is 3. The van der Waals surface area contributed by atoms with Crippen molar-refractivity contribution in [2.75, 3.05) is 14.2 Å². The number of methoxy groups -OCH3 is 2. The van der Waals surface area contributed by atoms with Crippen LogP contribution in [0.3, 0.4) is 0 Å². The maximum absolute atomic E-state index is 11.3. The van der Waals surface area contributed by atoms with Crippen molar-refractivity contribution < 1.29 is 23.4 Å². The van der Waals surface area contributed by atoms with E-state index in [4.69, 9.17) is 18.6 Å². The lowest BCUT2D eigenvalue weighted by Crippen LogP contribution is -2.05. The zero-order valence-corrected chi connectivity index (χ0v) is 10.7. The minimum Gasteiger partial charge on any atom is -0.496 e. The second-order valence-electron chi connectivity index (χ2n) is 3.70. The van der Waals surface area contributed by atoms with E-state index in [0.29, 0.717) is 11.1 Å². The average molecular weight is 264 g/mol. The summed E-state index contributed by atoms with van der Waals surface area (Å²) in [6.45, 7) is 1.26. The molecule has 2 aromatic rings. The fourth-order valence-electron chi connectivity index (χ4n) is 1.75. The van der Waals surface area contributed by atoms with Crippen molar-refractivity contribution >= 4 is 16.9 Å². The Balaban J connectivity index is 2.82. The number of carbonyl (C=O) groups is 1. The van der Waals surface area contributed by atoms with Crippen LogP contribution < -0.4 is 19.8 Å². The minimum atomic E-state index is -0.534. The van der Waals surface area contributed by atoms with E-state index in [1.54, 1.807) is 6.07 Å². The van der Waals surface area contributed by atoms with Gasteiger partial charge in [0.2, 0.25) is 5.75 Å². The first-order valence-electron chi connectivity index (χ1n) is 5.44. The monoisotopic (exact) mass is 264 g/mol. The number of carbonyl (C=O) groups excluding carboxylic acids is 1. The van der Waals surface area contributed by atoms with Gasteiger partial charge in [0.15, 0.2) is 11.3 Å². The Morgan fingerprint density at radius 2 is 1.89 bits per heavy atom. The molecule has 6 heteroatoms. The largest absolute Gasteiger partial charge is 0.496 e. The maximum Gasteiger partial charge on any atom is 0.336 e. The molecular formula is C13H12O6. The molecule has 0 radical (unpaired) electrons. The van der Waals surface area contributed by atoms with Crippen molar-refractivity contribution in [1.29, 1.82) is 0 Å². The Morgan fingerprint density at radius 1 is 1.16 bits per heavy atom. The highest BCUT2D eigenvalue weighted by Gasteiger charge is 2.18. The summed E-state index contributed by atoms with van der Waals surface area (Å²) in [5.74, 6) is 0.200. The van der Waals surface area contributed by atoms with Crippen molar-refractivity contribution in [2.45, 2.75) is 6.92 Å². The molecule has 2 rings (SSSR count). The van der Waals surface area contributed by atoms with E-state index < -0.39 is 11.6 Å². The third-order valence-corrected chi connectivity index (χ3v) is 2.47. The second kappa shape index (κ2) is 5.01. The lowest BCUT2D eigenvalue weighted by molar-refractivity contribution is -0.132. The first-order valence-corrected chi connectivity index (χ1v) is 5.44. The molecule has 0 amide bonds. The summed E-state index contributed by atoms with van der Waals surface area (Å²) in [6.07, 6.45) is 0. The molecule has 0 bridgehead atoms. The van der Waals surface area contributed by atoms with E-state index in [-0.39, 0.29) is 17.1 Å². The number of hydrogen-bond donors (Lipinski definition) is 0. The lowest BCUT2D eigenvalue weighted by atomic mass is 10.2. The standard InChI is InChI=1S/C13H12O6/c1-7(14)18-10-6-9(16-2)8-4-5-11(15)19-12(8)13(10)17-3/h4-6H,1-3H3. The highest BCUT2D eigenvalue weighted by atomic mass is 16.6. The van der Waals surface area contributed by atoms with Crippen LogP contribution in [-0.4, -0.2) is 20.2 Å². The Morgan fingerprint density at radius 3 is 2.47 bits per heavy atom. The quantitative estimate of drug-likeness (QED) is 0.477. The van der Waals surface area contributed by atoms with Crippen LogP contribution in [0.2, 0.25) is 0 Å². The summed E-state index contributed by atoms with van der Waals surface area (Å²) in [4.78, 5) is 22.4. The molecule has 0 saturated carbocycles. The Bertz CT molecular complexity index is 685. The molecule has 0 spiro atoms. The molecule has 0 fully saturated rings. The van der Waals surface area contributed by atoms with E-state index in [9.17, 15) is 9.59 Å². The lowest BCUT2D eigenvalue weighted by Gasteiger charge is -2.12. The fraction of sp³-hybridized carbons (Fsp3) is 0.231. The van der Waals surface area contributed by atoms with Gasteiger partial charge in [0.05, 0.1) is 19.6 Å². The number of fused-ring (bicyclic) bond motifs is 1. The first kappa shape index (κ1) is 12.9. The third kappa shape index (κ3) is 2.37. The van der Waals surface area contributed by atoms with Gasteiger partial charge >= 0.3 is 11.6 Å². The summed E-state index contributed by atoms with van der Waals surface area (Å²) >= 11 is 0. The number of benzene rings is 1. The molecule has 0 N–H and O–H groups in total. The number of esters is 1. The van der Waals surface area contributed by atoms with Crippen molar-refractivity contribution in [2.24, 2.45) is 0 Å². The van der Waals surface area contributed by atoms with Gasteiger partial charge in [0.1, 0.15) is 5.75 Å². The van der Waals surface area contributed by atoms with Gasteiger partial charge in [0.25, 0.3) is 0 Å². The zero-order chi connectivity index (χ0) is 14.0. The SMILES string of the molecule is COc1cc(OC(C)=O)c(OC)c2oc(=O)ccc12. The van der Waals surface area contributed by atoms with Gasteiger partial charge in [0, 0.05) is 19.1 Å². The van der Waals surface area contributed by atoms with Crippen LogP contribution in [0, 0.1) is 0 Å². The minimum absolute atomic E-state index is 0.133. The molecule has 0 aliphatic rings. The van der Waals surface area contributed by atoms with E-state index in [1.165, 1.54) is 33.3 Å².